The quantitative estimate of drug-likeness (QED) is 0.706. The number of aryl methyl sites for hydroxylation is 1. The second kappa shape index (κ2) is 4.29. The zero-order valence-corrected chi connectivity index (χ0v) is 11.2. The number of hydrogen-bond acceptors (Lipinski definition) is 0. The third-order valence-corrected chi connectivity index (χ3v) is 4.94. The van der Waals surface area contributed by atoms with Crippen LogP contribution < -0.4 is 0 Å². The minimum atomic E-state index is 0.419. The average Bonchev–Trinajstić information content (AvgIpc) is 2.62. The molecule has 0 aliphatic heterocycles. The van der Waals surface area contributed by atoms with Crippen molar-refractivity contribution in [2.24, 2.45) is 5.41 Å². The Morgan fingerprint density at radius 1 is 1.33 bits per heavy atom. The molecule has 1 aromatic rings. The fourth-order valence-corrected chi connectivity index (χ4v) is 2.81. The van der Waals surface area contributed by atoms with Crippen molar-refractivity contribution in [3.05, 3.63) is 35.4 Å². The van der Waals surface area contributed by atoms with E-state index in [2.05, 4.69) is 54.0 Å². The van der Waals surface area contributed by atoms with Gasteiger partial charge in [-0.1, -0.05) is 54.0 Å². The highest BCUT2D eigenvalue weighted by Gasteiger charge is 2.28. The Hall–Kier alpha value is -0.300. The molecule has 1 atom stereocenters. The Labute approximate surface area is 101 Å². The molecule has 1 aliphatic rings. The van der Waals surface area contributed by atoms with E-state index in [0.29, 0.717) is 5.41 Å². The van der Waals surface area contributed by atoms with Crippen LogP contribution in [0.1, 0.15) is 43.7 Å². The van der Waals surface area contributed by atoms with Crippen LogP contribution in [0.4, 0.5) is 0 Å². The molecule has 0 bridgehead atoms. The second-order valence-corrected chi connectivity index (χ2v) is 6.00. The lowest BCUT2D eigenvalue weighted by atomic mass is 9.82. The van der Waals surface area contributed by atoms with Gasteiger partial charge in [0.15, 0.2) is 0 Å². The Morgan fingerprint density at radius 2 is 2.07 bits per heavy atom. The summed E-state index contributed by atoms with van der Waals surface area (Å²) in [6, 6.07) is 8.95. The van der Waals surface area contributed by atoms with E-state index >= 15 is 0 Å². The highest BCUT2D eigenvalue weighted by molar-refractivity contribution is 9.09. The van der Waals surface area contributed by atoms with Crippen molar-refractivity contribution in [3.8, 4) is 0 Å². The predicted octanol–water partition coefficient (Wildman–Crippen LogP) is 4.53. The lowest BCUT2D eigenvalue weighted by Crippen LogP contribution is -2.16. The topological polar surface area (TPSA) is 0 Å². The summed E-state index contributed by atoms with van der Waals surface area (Å²) in [7, 11) is 0. The molecular formula is C14H19Br. The van der Waals surface area contributed by atoms with Crippen LogP contribution in [0.2, 0.25) is 0 Å². The second-order valence-electron chi connectivity index (χ2n) is 5.44. The molecule has 0 saturated carbocycles. The van der Waals surface area contributed by atoms with Crippen LogP contribution in [0, 0.1) is 5.41 Å². The van der Waals surface area contributed by atoms with Gasteiger partial charge in [0.2, 0.25) is 0 Å². The van der Waals surface area contributed by atoms with Gasteiger partial charge in [0.25, 0.3) is 0 Å². The van der Waals surface area contributed by atoms with Crippen molar-refractivity contribution in [2.75, 3.05) is 5.33 Å². The number of benzene rings is 1. The molecule has 0 radical (unpaired) electrons. The van der Waals surface area contributed by atoms with E-state index in [0.717, 1.165) is 11.2 Å². The van der Waals surface area contributed by atoms with Crippen molar-refractivity contribution in [2.45, 2.75) is 39.0 Å². The van der Waals surface area contributed by atoms with Crippen LogP contribution in [0.3, 0.4) is 0 Å². The predicted molar refractivity (Wildman–Crippen MR) is 69.7 cm³/mol. The molecule has 0 N–H and O–H groups in total. The third kappa shape index (κ3) is 2.44. The maximum atomic E-state index is 3.62. The summed E-state index contributed by atoms with van der Waals surface area (Å²) in [5.41, 5.74) is 3.60. The molecule has 0 fully saturated rings. The van der Waals surface area contributed by atoms with Gasteiger partial charge in [0.1, 0.15) is 0 Å². The van der Waals surface area contributed by atoms with Gasteiger partial charge < -0.3 is 0 Å². The maximum Gasteiger partial charge on any atom is 0.00829 e. The van der Waals surface area contributed by atoms with Gasteiger partial charge in [0, 0.05) is 5.33 Å². The van der Waals surface area contributed by atoms with Crippen LogP contribution >= 0.6 is 15.9 Å². The Kier molecular flexibility index (Phi) is 3.20. The SMILES string of the molecule is CC(C)(CBr)CC1CCc2ccccc21. The summed E-state index contributed by atoms with van der Waals surface area (Å²) in [6.45, 7) is 4.70. The van der Waals surface area contributed by atoms with Crippen LogP contribution in [-0.4, -0.2) is 5.33 Å². The molecule has 0 saturated heterocycles. The van der Waals surface area contributed by atoms with Crippen LogP contribution in [0.25, 0.3) is 0 Å². The number of rotatable bonds is 3. The van der Waals surface area contributed by atoms with Crippen LogP contribution in [0.5, 0.6) is 0 Å². The van der Waals surface area contributed by atoms with E-state index in [1.165, 1.54) is 19.3 Å². The van der Waals surface area contributed by atoms with Gasteiger partial charge in [0.05, 0.1) is 0 Å². The molecule has 2 rings (SSSR count). The number of fused-ring (bicyclic) bond motifs is 1. The van der Waals surface area contributed by atoms with Gasteiger partial charge in [-0.15, -0.1) is 0 Å². The molecule has 82 valence electrons. The average molecular weight is 267 g/mol. The molecule has 1 heteroatoms. The molecule has 0 aromatic heterocycles. The summed E-state index contributed by atoms with van der Waals surface area (Å²) in [5.74, 6) is 0.786. The van der Waals surface area contributed by atoms with E-state index in [1.807, 2.05) is 0 Å². The molecule has 0 heterocycles. The van der Waals surface area contributed by atoms with Crippen molar-refractivity contribution in [1.29, 1.82) is 0 Å². The largest absolute Gasteiger partial charge is 0.0922 e. The number of hydrogen-bond donors (Lipinski definition) is 0. The molecule has 0 amide bonds. The minimum absolute atomic E-state index is 0.419. The molecule has 15 heavy (non-hydrogen) atoms. The van der Waals surface area contributed by atoms with Crippen molar-refractivity contribution >= 4 is 15.9 Å². The minimum Gasteiger partial charge on any atom is -0.0922 e. The molecule has 1 unspecified atom stereocenters. The van der Waals surface area contributed by atoms with Crippen LogP contribution in [0.15, 0.2) is 24.3 Å². The van der Waals surface area contributed by atoms with Gasteiger partial charge >= 0.3 is 0 Å². The van der Waals surface area contributed by atoms with E-state index in [4.69, 9.17) is 0 Å². The summed E-state index contributed by atoms with van der Waals surface area (Å²) in [4.78, 5) is 0. The molecular weight excluding hydrogens is 248 g/mol. The highest BCUT2D eigenvalue weighted by Crippen LogP contribution is 2.41. The molecule has 1 aromatic carbocycles. The molecule has 0 spiro atoms. The zero-order valence-electron chi connectivity index (χ0n) is 9.59. The lowest BCUT2D eigenvalue weighted by Gasteiger charge is -2.26. The van der Waals surface area contributed by atoms with Gasteiger partial charge in [-0.25, -0.2) is 0 Å². The fourth-order valence-electron chi connectivity index (χ4n) is 2.58. The monoisotopic (exact) mass is 266 g/mol. The third-order valence-electron chi connectivity index (χ3n) is 3.42. The van der Waals surface area contributed by atoms with E-state index < -0.39 is 0 Å². The summed E-state index contributed by atoms with van der Waals surface area (Å²) >= 11 is 3.62. The number of halogens is 1. The Bertz CT molecular complexity index is 341. The first-order chi connectivity index (χ1) is 7.12. The molecule has 0 nitrogen and oxygen atoms in total. The van der Waals surface area contributed by atoms with Gasteiger partial charge in [-0.05, 0) is 41.7 Å². The summed E-state index contributed by atoms with van der Waals surface area (Å²) in [5, 5.41) is 1.10. The van der Waals surface area contributed by atoms with Crippen LogP contribution in [-0.2, 0) is 6.42 Å². The lowest BCUT2D eigenvalue weighted by molar-refractivity contribution is 0.349. The number of alkyl halides is 1. The first-order valence-electron chi connectivity index (χ1n) is 5.76. The van der Waals surface area contributed by atoms with Gasteiger partial charge in [-0.2, -0.15) is 0 Å². The summed E-state index contributed by atoms with van der Waals surface area (Å²) < 4.78 is 0. The van der Waals surface area contributed by atoms with Crippen molar-refractivity contribution in [1.82, 2.24) is 0 Å². The highest BCUT2D eigenvalue weighted by atomic mass is 79.9. The van der Waals surface area contributed by atoms with Crippen molar-refractivity contribution in [3.63, 3.8) is 0 Å². The van der Waals surface area contributed by atoms with Gasteiger partial charge in [-0.3, -0.25) is 0 Å². The fraction of sp³-hybridized carbons (Fsp3) is 0.571. The van der Waals surface area contributed by atoms with E-state index in [-0.39, 0.29) is 0 Å². The standard InChI is InChI=1S/C14H19Br/c1-14(2,10-15)9-12-8-7-11-5-3-4-6-13(11)12/h3-6,12H,7-10H2,1-2H3. The first kappa shape index (κ1) is 11.2. The van der Waals surface area contributed by atoms with E-state index in [1.54, 1.807) is 11.1 Å². The van der Waals surface area contributed by atoms with E-state index in [9.17, 15) is 0 Å². The zero-order chi connectivity index (χ0) is 10.9. The first-order valence-corrected chi connectivity index (χ1v) is 6.88. The van der Waals surface area contributed by atoms with Crippen molar-refractivity contribution < 1.29 is 0 Å². The smallest absolute Gasteiger partial charge is 0.00829 e. The normalized spacial score (nSPS) is 20.3. The Balaban J connectivity index is 2.14. The Morgan fingerprint density at radius 3 is 2.80 bits per heavy atom. The maximum absolute atomic E-state index is 3.62. The summed E-state index contributed by atoms with van der Waals surface area (Å²) in [6.07, 6.45) is 3.92. The molecule has 1 aliphatic carbocycles.